The van der Waals surface area contributed by atoms with Crippen molar-refractivity contribution in [3.63, 3.8) is 0 Å². The average molecular weight is 600 g/mol. The van der Waals surface area contributed by atoms with Gasteiger partial charge in [-0.1, -0.05) is 18.2 Å². The Morgan fingerprint density at radius 1 is 0.977 bits per heavy atom. The summed E-state index contributed by atoms with van der Waals surface area (Å²) in [4.78, 5) is 40.5. The summed E-state index contributed by atoms with van der Waals surface area (Å²) < 4.78 is 15.3. The molecule has 0 saturated heterocycles. The van der Waals surface area contributed by atoms with Gasteiger partial charge in [-0.05, 0) is 37.3 Å². The Balaban J connectivity index is 1.53. The quantitative estimate of drug-likeness (QED) is 0.149. The summed E-state index contributed by atoms with van der Waals surface area (Å²) >= 11 is 1.18. The van der Waals surface area contributed by atoms with Gasteiger partial charge in [0, 0.05) is 30.1 Å². The van der Waals surface area contributed by atoms with E-state index in [0.29, 0.717) is 33.2 Å². The fourth-order valence-corrected chi connectivity index (χ4v) is 5.39. The number of ether oxygens (including phenoxy) is 2. The molecule has 0 N–H and O–H groups in total. The van der Waals surface area contributed by atoms with Crippen LogP contribution in [0.4, 0.5) is 17.1 Å². The smallest absolute Gasteiger partial charge is 0.297 e. The van der Waals surface area contributed by atoms with Crippen LogP contribution >= 0.6 is 11.3 Å². The third kappa shape index (κ3) is 4.97. The average Bonchev–Trinajstić information content (AvgIpc) is 3.69. The number of thiazole rings is 1. The molecule has 1 aliphatic heterocycles. The van der Waals surface area contributed by atoms with Crippen molar-refractivity contribution >= 4 is 34.6 Å². The molecule has 0 bridgehead atoms. The fraction of sp³-hybridized carbons (Fsp3) is 0.107. The highest BCUT2D eigenvalue weighted by atomic mass is 32.1. The van der Waals surface area contributed by atoms with E-state index in [1.165, 1.54) is 51.2 Å². The second kappa shape index (κ2) is 10.9. The van der Waals surface area contributed by atoms with Gasteiger partial charge in [0.2, 0.25) is 11.6 Å². The van der Waals surface area contributed by atoms with E-state index < -0.39 is 9.85 Å². The van der Waals surface area contributed by atoms with E-state index in [9.17, 15) is 25.0 Å². The Labute approximate surface area is 245 Å². The lowest BCUT2D eigenvalue weighted by Crippen LogP contribution is -2.19. The van der Waals surface area contributed by atoms with Crippen molar-refractivity contribution in [2.24, 2.45) is 17.1 Å². The first kappa shape index (κ1) is 27.3. The molecular weight excluding hydrogens is 578 g/mol. The lowest BCUT2D eigenvalue weighted by molar-refractivity contribution is -0.385. The van der Waals surface area contributed by atoms with Crippen LogP contribution in [0.15, 0.2) is 87.0 Å². The minimum atomic E-state index is -0.552. The van der Waals surface area contributed by atoms with Crippen molar-refractivity contribution in [1.29, 1.82) is 0 Å². The Morgan fingerprint density at radius 3 is 2.35 bits per heavy atom. The first-order valence-corrected chi connectivity index (χ1v) is 13.6. The van der Waals surface area contributed by atoms with Gasteiger partial charge in [0.25, 0.3) is 16.9 Å². The van der Waals surface area contributed by atoms with Gasteiger partial charge in [-0.2, -0.15) is 5.10 Å². The Bertz CT molecular complexity index is 2060. The number of fused-ring (bicyclic) bond motifs is 1. The summed E-state index contributed by atoms with van der Waals surface area (Å²) in [6.07, 6.45) is 1.29. The molecule has 0 atom stereocenters. The van der Waals surface area contributed by atoms with Gasteiger partial charge < -0.3 is 9.47 Å². The highest BCUT2D eigenvalue weighted by molar-refractivity contribution is 7.07. The molecule has 2 aromatic heterocycles. The van der Waals surface area contributed by atoms with Gasteiger partial charge in [-0.15, -0.1) is 11.3 Å². The summed E-state index contributed by atoms with van der Waals surface area (Å²) in [5, 5.41) is 29.3. The van der Waals surface area contributed by atoms with E-state index in [0.717, 1.165) is 0 Å². The molecule has 0 spiro atoms. The molecule has 14 nitrogen and oxygen atoms in total. The highest BCUT2D eigenvalue weighted by Crippen LogP contribution is 2.37. The molecule has 5 aromatic rings. The number of rotatable bonds is 7. The number of aromatic nitrogens is 3. The third-order valence-corrected chi connectivity index (χ3v) is 7.64. The molecule has 0 unspecified atom stereocenters. The Kier molecular flexibility index (Phi) is 6.91. The molecule has 15 heteroatoms. The number of nitro benzene ring substituents is 2. The normalized spacial score (nSPS) is 12.7. The summed E-state index contributed by atoms with van der Waals surface area (Å²) in [6.45, 7) is 1.71. The van der Waals surface area contributed by atoms with E-state index in [1.807, 2.05) is 30.3 Å². The zero-order valence-electron chi connectivity index (χ0n) is 22.6. The van der Waals surface area contributed by atoms with E-state index in [2.05, 4.69) is 5.10 Å². The van der Waals surface area contributed by atoms with Crippen molar-refractivity contribution < 1.29 is 19.3 Å². The van der Waals surface area contributed by atoms with Crippen LogP contribution in [0.5, 0.6) is 11.5 Å². The minimum absolute atomic E-state index is 0.0589. The second-order valence-corrected chi connectivity index (χ2v) is 10.1. The molecule has 216 valence electrons. The van der Waals surface area contributed by atoms with Gasteiger partial charge in [0.1, 0.15) is 0 Å². The SMILES string of the molecule is Cc1c(N=c2scc(-c3ccc([N+](=O)[O-])cc3)n2N=Cc2cc3c(cc2[N+](=O)[O-])OCO3)c(=O)n(-c2ccccc2)n1C. The largest absolute Gasteiger partial charge is 0.454 e. The van der Waals surface area contributed by atoms with Gasteiger partial charge in [0.05, 0.1) is 44.8 Å². The van der Waals surface area contributed by atoms with Gasteiger partial charge in [-0.3, -0.25) is 29.7 Å². The van der Waals surface area contributed by atoms with Gasteiger partial charge in [-0.25, -0.2) is 14.4 Å². The summed E-state index contributed by atoms with van der Waals surface area (Å²) in [6, 6.07) is 17.7. The molecule has 43 heavy (non-hydrogen) atoms. The van der Waals surface area contributed by atoms with Crippen molar-refractivity contribution in [3.8, 4) is 28.4 Å². The van der Waals surface area contributed by atoms with Crippen LogP contribution in [0.3, 0.4) is 0 Å². The highest BCUT2D eigenvalue weighted by Gasteiger charge is 2.23. The number of nitrogens with zero attached hydrogens (tertiary/aromatic N) is 7. The summed E-state index contributed by atoms with van der Waals surface area (Å²) in [5.41, 5.74) is 1.98. The van der Waals surface area contributed by atoms with E-state index in [-0.39, 0.29) is 40.7 Å². The number of hydrogen-bond donors (Lipinski definition) is 0. The van der Waals surface area contributed by atoms with Crippen molar-refractivity contribution in [2.45, 2.75) is 6.92 Å². The lowest BCUT2D eigenvalue weighted by atomic mass is 10.1. The van der Waals surface area contributed by atoms with Crippen LogP contribution in [-0.4, -0.2) is 36.9 Å². The number of non-ortho nitro benzene ring substituents is 1. The molecule has 1 aliphatic rings. The molecule has 6 rings (SSSR count). The van der Waals surface area contributed by atoms with Crippen LogP contribution in [-0.2, 0) is 7.05 Å². The molecule has 0 saturated carbocycles. The first-order valence-electron chi connectivity index (χ1n) is 12.7. The van der Waals surface area contributed by atoms with Gasteiger partial charge >= 0.3 is 0 Å². The molecule has 0 radical (unpaired) electrons. The van der Waals surface area contributed by atoms with Crippen LogP contribution in [0.2, 0.25) is 0 Å². The standard InChI is InChI=1S/C28H21N7O7S/c1-17-26(27(36)33(31(17)2)20-6-4-3-5-7-20)30-28-32(23(15-43-28)18-8-10-21(11-9-18)34(37)38)29-14-19-12-24-25(42-16-41-24)13-22(19)35(39)40/h3-15H,16H2,1-2H3. The number of benzene rings is 3. The number of hydrogen-bond acceptors (Lipinski definition) is 10. The third-order valence-electron chi connectivity index (χ3n) is 6.82. The lowest BCUT2D eigenvalue weighted by Gasteiger charge is -2.07. The molecular formula is C28H21N7O7S. The number of nitro groups is 2. The molecule has 3 aromatic carbocycles. The second-order valence-electron chi connectivity index (χ2n) is 9.31. The maximum Gasteiger partial charge on any atom is 0.297 e. The topological polar surface area (TPSA) is 161 Å². The Morgan fingerprint density at radius 2 is 1.67 bits per heavy atom. The van der Waals surface area contributed by atoms with Crippen molar-refractivity contribution in [1.82, 2.24) is 14.0 Å². The summed E-state index contributed by atoms with van der Waals surface area (Å²) in [5.74, 6) is 0.591. The summed E-state index contributed by atoms with van der Waals surface area (Å²) in [7, 11) is 1.75. The first-order chi connectivity index (χ1) is 20.7. The maximum absolute atomic E-state index is 13.6. The maximum atomic E-state index is 13.6. The van der Waals surface area contributed by atoms with E-state index in [1.54, 1.807) is 36.2 Å². The van der Waals surface area contributed by atoms with Crippen LogP contribution in [0.25, 0.3) is 16.9 Å². The van der Waals surface area contributed by atoms with E-state index >= 15 is 0 Å². The minimum Gasteiger partial charge on any atom is -0.454 e. The van der Waals surface area contributed by atoms with Crippen LogP contribution < -0.4 is 19.8 Å². The number of para-hydroxylation sites is 1. The Hall–Kier alpha value is -5.83. The van der Waals surface area contributed by atoms with Crippen LogP contribution in [0, 0.1) is 27.2 Å². The van der Waals surface area contributed by atoms with Crippen molar-refractivity contribution in [3.05, 3.63) is 119 Å². The van der Waals surface area contributed by atoms with E-state index in [4.69, 9.17) is 14.5 Å². The molecule has 3 heterocycles. The predicted molar refractivity (Wildman–Crippen MR) is 158 cm³/mol. The zero-order chi connectivity index (χ0) is 30.2. The molecule has 0 aliphatic carbocycles. The zero-order valence-corrected chi connectivity index (χ0v) is 23.4. The fourth-order valence-electron chi connectivity index (χ4n) is 4.55. The molecule has 0 amide bonds. The van der Waals surface area contributed by atoms with Crippen LogP contribution in [0.1, 0.15) is 11.3 Å². The van der Waals surface area contributed by atoms with Gasteiger partial charge in [0.15, 0.2) is 17.2 Å². The van der Waals surface area contributed by atoms with Crippen molar-refractivity contribution in [2.75, 3.05) is 6.79 Å². The molecule has 0 fully saturated rings. The predicted octanol–water partition coefficient (Wildman–Crippen LogP) is 4.67. The monoisotopic (exact) mass is 599 g/mol.